The Hall–Kier alpha value is -2.34. The molecule has 0 amide bonds. The molecule has 2 saturated carbocycles. The molecule has 176 valence electrons. The Labute approximate surface area is 195 Å². The molecule has 2 aliphatic carbocycles. The first-order valence-corrected chi connectivity index (χ1v) is 12.3. The molecular formula is C28H34O5. The van der Waals surface area contributed by atoms with E-state index in [4.69, 9.17) is 4.74 Å². The number of ether oxygens (including phenoxy) is 1. The molecular weight excluding hydrogens is 416 g/mol. The highest BCUT2D eigenvalue weighted by Gasteiger charge is 2.27. The lowest BCUT2D eigenvalue weighted by Crippen LogP contribution is -2.34. The molecule has 0 aromatic heterocycles. The second-order valence-corrected chi connectivity index (χ2v) is 9.48. The van der Waals surface area contributed by atoms with Gasteiger partial charge in [0.1, 0.15) is 0 Å². The molecule has 33 heavy (non-hydrogen) atoms. The van der Waals surface area contributed by atoms with Gasteiger partial charge >= 0.3 is 0 Å². The molecule has 2 aromatic rings. The highest BCUT2D eigenvalue weighted by molar-refractivity contribution is 6.00. The van der Waals surface area contributed by atoms with Crippen molar-refractivity contribution >= 4 is 11.6 Å². The molecule has 2 aliphatic rings. The van der Waals surface area contributed by atoms with Crippen LogP contribution in [-0.4, -0.2) is 34.4 Å². The van der Waals surface area contributed by atoms with Gasteiger partial charge in [0, 0.05) is 11.1 Å². The number of Topliss-reactive ketones (excluding diaryl/α,β-unsaturated/α-hetero) is 2. The fourth-order valence-electron chi connectivity index (χ4n) is 5.24. The number of aliphatic hydroxyl groups excluding tert-OH is 2. The van der Waals surface area contributed by atoms with Crippen molar-refractivity contribution in [1.82, 2.24) is 0 Å². The highest BCUT2D eigenvalue weighted by atomic mass is 16.7. The first-order valence-electron chi connectivity index (χ1n) is 12.3. The molecule has 0 radical (unpaired) electrons. The third kappa shape index (κ3) is 5.97. The van der Waals surface area contributed by atoms with Gasteiger partial charge in [-0.1, -0.05) is 87.1 Å². The Morgan fingerprint density at radius 3 is 1.27 bits per heavy atom. The van der Waals surface area contributed by atoms with Gasteiger partial charge in [-0.15, -0.1) is 0 Å². The summed E-state index contributed by atoms with van der Waals surface area (Å²) in [4.78, 5) is 25.1. The minimum absolute atomic E-state index is 0.290. The van der Waals surface area contributed by atoms with Crippen LogP contribution in [0.4, 0.5) is 0 Å². The summed E-state index contributed by atoms with van der Waals surface area (Å²) in [5.74, 6) is -0.310. The Kier molecular flexibility index (Phi) is 8.07. The first kappa shape index (κ1) is 23.8. The molecule has 0 aliphatic heterocycles. The average Bonchev–Trinajstić information content (AvgIpc) is 2.89. The first-order chi connectivity index (χ1) is 16.0. The molecule has 5 nitrogen and oxygen atoms in total. The summed E-state index contributed by atoms with van der Waals surface area (Å²) >= 11 is 0. The normalized spacial score (nSPS) is 19.7. The number of hydrogen-bond acceptors (Lipinski definition) is 5. The molecule has 0 bridgehead atoms. The number of aliphatic hydroxyl groups is 2. The Morgan fingerprint density at radius 2 is 0.939 bits per heavy atom. The summed E-state index contributed by atoms with van der Waals surface area (Å²) < 4.78 is 4.99. The average molecular weight is 451 g/mol. The maximum Gasteiger partial charge on any atom is 0.223 e. The van der Waals surface area contributed by atoms with Crippen LogP contribution in [0.5, 0.6) is 0 Å². The Bertz CT molecular complexity index is 844. The molecule has 2 unspecified atom stereocenters. The number of hydrogen-bond donors (Lipinski definition) is 2. The summed E-state index contributed by atoms with van der Waals surface area (Å²) in [6, 6.07) is 14.4. The van der Waals surface area contributed by atoms with Crippen LogP contribution >= 0.6 is 0 Å². The van der Waals surface area contributed by atoms with E-state index in [9.17, 15) is 19.8 Å². The second kappa shape index (κ2) is 11.2. The minimum Gasteiger partial charge on any atom is -0.362 e. The maximum atomic E-state index is 12.5. The van der Waals surface area contributed by atoms with Crippen molar-refractivity contribution in [2.24, 2.45) is 0 Å². The molecule has 2 fully saturated rings. The summed E-state index contributed by atoms with van der Waals surface area (Å²) in [5, 5.41) is 20.4. The van der Waals surface area contributed by atoms with E-state index in [1.54, 1.807) is 24.3 Å². The van der Waals surface area contributed by atoms with E-state index >= 15 is 0 Å². The Morgan fingerprint density at radius 1 is 0.606 bits per heavy atom. The lowest BCUT2D eigenvalue weighted by Gasteiger charge is -2.22. The largest absolute Gasteiger partial charge is 0.362 e. The quantitative estimate of drug-likeness (QED) is 0.410. The Balaban J connectivity index is 1.32. The SMILES string of the molecule is O=C(c1ccc(C2CCCCC2)cc1)C(O)OC(O)C(=O)c1ccc(C2CCCCC2)cc1. The lowest BCUT2D eigenvalue weighted by atomic mass is 9.84. The maximum absolute atomic E-state index is 12.5. The molecule has 4 rings (SSSR count). The lowest BCUT2D eigenvalue weighted by molar-refractivity contribution is -0.163. The van der Waals surface area contributed by atoms with Gasteiger partial charge in [0.05, 0.1) is 0 Å². The highest BCUT2D eigenvalue weighted by Crippen LogP contribution is 2.33. The zero-order chi connectivity index (χ0) is 23.2. The number of carbonyl (C=O) groups excluding carboxylic acids is 2. The van der Waals surface area contributed by atoms with Crippen LogP contribution in [0.2, 0.25) is 0 Å². The zero-order valence-electron chi connectivity index (χ0n) is 19.1. The van der Waals surface area contributed by atoms with Crippen molar-refractivity contribution in [1.29, 1.82) is 0 Å². The summed E-state index contributed by atoms with van der Waals surface area (Å²) in [5.41, 5.74) is 2.99. The van der Waals surface area contributed by atoms with Gasteiger partial charge in [0.2, 0.25) is 24.1 Å². The van der Waals surface area contributed by atoms with Gasteiger partial charge in [-0.2, -0.15) is 0 Å². The number of carbonyl (C=O) groups is 2. The number of rotatable bonds is 8. The summed E-state index contributed by atoms with van der Waals surface area (Å²) in [7, 11) is 0. The number of benzene rings is 2. The van der Waals surface area contributed by atoms with Crippen molar-refractivity contribution in [2.45, 2.75) is 88.6 Å². The van der Waals surface area contributed by atoms with Gasteiger partial charge < -0.3 is 14.9 Å². The van der Waals surface area contributed by atoms with Crippen molar-refractivity contribution in [2.75, 3.05) is 0 Å². The fraction of sp³-hybridized carbons (Fsp3) is 0.500. The van der Waals surface area contributed by atoms with Gasteiger partial charge in [-0.25, -0.2) is 0 Å². The van der Waals surface area contributed by atoms with Crippen LogP contribution in [-0.2, 0) is 4.74 Å². The predicted molar refractivity (Wildman–Crippen MR) is 126 cm³/mol. The van der Waals surface area contributed by atoms with Gasteiger partial charge in [0.15, 0.2) is 0 Å². The van der Waals surface area contributed by atoms with Crippen molar-refractivity contribution in [3.63, 3.8) is 0 Å². The number of ketones is 2. The van der Waals surface area contributed by atoms with Crippen LogP contribution in [0, 0.1) is 0 Å². The topological polar surface area (TPSA) is 83.8 Å². The van der Waals surface area contributed by atoms with E-state index in [2.05, 4.69) is 0 Å². The van der Waals surface area contributed by atoms with Crippen LogP contribution < -0.4 is 0 Å². The van der Waals surface area contributed by atoms with Crippen molar-refractivity contribution in [3.8, 4) is 0 Å². The van der Waals surface area contributed by atoms with E-state index in [0.717, 1.165) is 25.7 Å². The van der Waals surface area contributed by atoms with Crippen LogP contribution in [0.15, 0.2) is 48.5 Å². The molecule has 5 heteroatoms. The summed E-state index contributed by atoms with van der Waals surface area (Å²) in [6.07, 6.45) is 8.30. The standard InChI is InChI=1S/C28H34O5/c29-25(23-15-11-21(12-16-23)19-7-3-1-4-8-19)27(31)33-28(32)26(30)24-17-13-22(14-18-24)20-9-5-2-6-10-20/h11-20,27-28,31-32H,1-10H2. The van der Waals surface area contributed by atoms with E-state index in [0.29, 0.717) is 23.0 Å². The third-order valence-electron chi connectivity index (χ3n) is 7.25. The third-order valence-corrected chi connectivity index (χ3v) is 7.25. The zero-order valence-corrected chi connectivity index (χ0v) is 19.1. The fourth-order valence-corrected chi connectivity index (χ4v) is 5.24. The second-order valence-electron chi connectivity index (χ2n) is 9.48. The van der Waals surface area contributed by atoms with Gasteiger partial charge in [0.25, 0.3) is 0 Å². The van der Waals surface area contributed by atoms with Gasteiger partial charge in [-0.05, 0) is 48.6 Å². The van der Waals surface area contributed by atoms with Crippen molar-refractivity contribution < 1.29 is 24.5 Å². The van der Waals surface area contributed by atoms with E-state index in [1.807, 2.05) is 24.3 Å². The molecule has 0 spiro atoms. The van der Waals surface area contributed by atoms with Crippen LogP contribution in [0.1, 0.15) is 108 Å². The smallest absolute Gasteiger partial charge is 0.223 e. The van der Waals surface area contributed by atoms with Crippen molar-refractivity contribution in [3.05, 3.63) is 70.8 Å². The summed E-state index contributed by atoms with van der Waals surface area (Å²) in [6.45, 7) is 0. The van der Waals surface area contributed by atoms with E-state index < -0.39 is 24.1 Å². The van der Waals surface area contributed by atoms with Crippen LogP contribution in [0.3, 0.4) is 0 Å². The molecule has 0 heterocycles. The molecule has 2 aromatic carbocycles. The monoisotopic (exact) mass is 450 g/mol. The molecule has 2 atom stereocenters. The van der Waals surface area contributed by atoms with E-state index in [-0.39, 0.29) is 0 Å². The molecule has 0 saturated heterocycles. The minimum atomic E-state index is -1.91. The molecule has 2 N–H and O–H groups in total. The van der Waals surface area contributed by atoms with Crippen LogP contribution in [0.25, 0.3) is 0 Å². The van der Waals surface area contributed by atoms with Gasteiger partial charge in [-0.3, -0.25) is 9.59 Å². The van der Waals surface area contributed by atoms with E-state index in [1.165, 1.54) is 49.7 Å². The predicted octanol–water partition coefficient (Wildman–Crippen LogP) is 5.50.